The number of nitrogens with one attached hydrogen (secondary N) is 1. The smallest absolute Gasteiger partial charge is 0.141 e. The van der Waals surface area contributed by atoms with Crippen molar-refractivity contribution >= 4 is 0 Å². The second kappa shape index (κ2) is 5.58. The molecule has 3 heteroatoms. The van der Waals surface area contributed by atoms with E-state index in [1.54, 1.807) is 12.3 Å². The molecule has 1 aromatic rings. The van der Waals surface area contributed by atoms with Gasteiger partial charge in [-0.25, -0.2) is 4.39 Å². The molecule has 0 spiro atoms. The third-order valence-electron chi connectivity index (χ3n) is 3.85. The SMILES string of the molecule is CC(N[C@@H](C)C1CCCC1)c1cncc(F)c1. The summed E-state index contributed by atoms with van der Waals surface area (Å²) in [5, 5.41) is 3.56. The Morgan fingerprint density at radius 2 is 2.00 bits per heavy atom. The Morgan fingerprint density at radius 3 is 2.65 bits per heavy atom. The van der Waals surface area contributed by atoms with Crippen molar-refractivity contribution in [1.29, 1.82) is 0 Å². The van der Waals surface area contributed by atoms with Crippen LogP contribution in [-0.2, 0) is 0 Å². The van der Waals surface area contributed by atoms with Crippen LogP contribution >= 0.6 is 0 Å². The molecule has 2 atom stereocenters. The van der Waals surface area contributed by atoms with E-state index in [0.717, 1.165) is 11.5 Å². The van der Waals surface area contributed by atoms with E-state index in [2.05, 4.69) is 24.1 Å². The Balaban J connectivity index is 1.93. The molecule has 0 bridgehead atoms. The van der Waals surface area contributed by atoms with Crippen LogP contribution in [0.1, 0.15) is 51.1 Å². The summed E-state index contributed by atoms with van der Waals surface area (Å²) in [4.78, 5) is 3.90. The molecule has 1 saturated carbocycles. The van der Waals surface area contributed by atoms with Gasteiger partial charge in [0.15, 0.2) is 0 Å². The van der Waals surface area contributed by atoms with Crippen molar-refractivity contribution in [2.75, 3.05) is 0 Å². The molecule has 1 fully saturated rings. The van der Waals surface area contributed by atoms with Crippen LogP contribution in [0.15, 0.2) is 18.5 Å². The van der Waals surface area contributed by atoms with Gasteiger partial charge in [-0.3, -0.25) is 4.98 Å². The lowest BCUT2D eigenvalue weighted by Gasteiger charge is -2.25. The standard InChI is InChI=1S/C14H21FN2/c1-10(12-5-3-4-6-12)17-11(2)13-7-14(15)9-16-8-13/h7-12,17H,3-6H2,1-2H3/t10-,11?/m0/s1. The Morgan fingerprint density at radius 1 is 1.29 bits per heavy atom. The van der Waals surface area contributed by atoms with Crippen LogP contribution in [0.25, 0.3) is 0 Å². The van der Waals surface area contributed by atoms with Gasteiger partial charge in [0.25, 0.3) is 0 Å². The number of nitrogens with zero attached hydrogens (tertiary/aromatic N) is 1. The molecular weight excluding hydrogens is 215 g/mol. The first kappa shape index (κ1) is 12.5. The fourth-order valence-electron chi connectivity index (χ4n) is 2.75. The lowest BCUT2D eigenvalue weighted by Crippen LogP contribution is -2.34. The monoisotopic (exact) mass is 236 g/mol. The van der Waals surface area contributed by atoms with Gasteiger partial charge in [0.2, 0.25) is 0 Å². The van der Waals surface area contributed by atoms with E-state index in [9.17, 15) is 4.39 Å². The molecule has 1 N–H and O–H groups in total. The predicted molar refractivity (Wildman–Crippen MR) is 67.2 cm³/mol. The second-order valence-electron chi connectivity index (χ2n) is 5.16. The summed E-state index contributed by atoms with van der Waals surface area (Å²) in [6.07, 6.45) is 8.34. The topological polar surface area (TPSA) is 24.9 Å². The van der Waals surface area contributed by atoms with E-state index < -0.39 is 0 Å². The normalized spacial score (nSPS) is 20.4. The zero-order chi connectivity index (χ0) is 12.3. The molecule has 1 aliphatic rings. The largest absolute Gasteiger partial charge is 0.307 e. The molecule has 1 heterocycles. The number of aromatic nitrogens is 1. The van der Waals surface area contributed by atoms with Gasteiger partial charge in [-0.05, 0) is 44.2 Å². The summed E-state index contributed by atoms with van der Waals surface area (Å²) >= 11 is 0. The van der Waals surface area contributed by atoms with Gasteiger partial charge >= 0.3 is 0 Å². The molecule has 2 nitrogen and oxygen atoms in total. The van der Waals surface area contributed by atoms with Crippen molar-refractivity contribution in [2.24, 2.45) is 5.92 Å². The first-order valence-corrected chi connectivity index (χ1v) is 6.53. The average molecular weight is 236 g/mol. The molecule has 1 aliphatic carbocycles. The fraction of sp³-hybridized carbons (Fsp3) is 0.643. The van der Waals surface area contributed by atoms with Crippen molar-refractivity contribution in [3.8, 4) is 0 Å². The van der Waals surface area contributed by atoms with E-state index in [-0.39, 0.29) is 11.9 Å². The van der Waals surface area contributed by atoms with Crippen molar-refractivity contribution in [3.05, 3.63) is 29.8 Å². The average Bonchev–Trinajstić information content (AvgIpc) is 2.82. The van der Waals surface area contributed by atoms with E-state index in [1.807, 2.05) is 0 Å². The maximum atomic E-state index is 13.1. The van der Waals surface area contributed by atoms with E-state index >= 15 is 0 Å². The maximum Gasteiger partial charge on any atom is 0.141 e. The lowest BCUT2D eigenvalue weighted by atomic mass is 9.98. The summed E-state index contributed by atoms with van der Waals surface area (Å²) in [6.45, 7) is 4.31. The minimum Gasteiger partial charge on any atom is -0.307 e. The number of pyridine rings is 1. The zero-order valence-corrected chi connectivity index (χ0v) is 10.6. The summed E-state index contributed by atoms with van der Waals surface area (Å²) in [6, 6.07) is 2.22. The minimum absolute atomic E-state index is 0.161. The highest BCUT2D eigenvalue weighted by Gasteiger charge is 2.22. The maximum absolute atomic E-state index is 13.1. The zero-order valence-electron chi connectivity index (χ0n) is 10.6. The van der Waals surface area contributed by atoms with Gasteiger partial charge in [0, 0.05) is 18.3 Å². The highest BCUT2D eigenvalue weighted by Crippen LogP contribution is 2.28. The number of hydrogen-bond acceptors (Lipinski definition) is 2. The Labute approximate surface area is 103 Å². The summed E-state index contributed by atoms with van der Waals surface area (Å²) in [7, 11) is 0. The Hall–Kier alpha value is -0.960. The van der Waals surface area contributed by atoms with Gasteiger partial charge in [-0.2, -0.15) is 0 Å². The highest BCUT2D eigenvalue weighted by molar-refractivity contribution is 5.14. The summed E-state index contributed by atoms with van der Waals surface area (Å²) in [5.74, 6) is 0.517. The number of halogens is 1. The first-order valence-electron chi connectivity index (χ1n) is 6.53. The first-order chi connectivity index (χ1) is 8.16. The van der Waals surface area contributed by atoms with Crippen LogP contribution in [0, 0.1) is 11.7 Å². The summed E-state index contributed by atoms with van der Waals surface area (Å²) in [5.41, 5.74) is 0.926. The molecule has 0 amide bonds. The van der Waals surface area contributed by atoms with Crippen molar-refractivity contribution in [1.82, 2.24) is 10.3 Å². The third-order valence-corrected chi connectivity index (χ3v) is 3.85. The lowest BCUT2D eigenvalue weighted by molar-refractivity contribution is 0.352. The van der Waals surface area contributed by atoms with Crippen LogP contribution in [0.3, 0.4) is 0 Å². The van der Waals surface area contributed by atoms with Crippen LogP contribution in [0.2, 0.25) is 0 Å². The summed E-state index contributed by atoms with van der Waals surface area (Å²) < 4.78 is 13.1. The third kappa shape index (κ3) is 3.25. The van der Waals surface area contributed by atoms with E-state index in [0.29, 0.717) is 6.04 Å². The number of hydrogen-bond donors (Lipinski definition) is 1. The van der Waals surface area contributed by atoms with Crippen molar-refractivity contribution in [3.63, 3.8) is 0 Å². The van der Waals surface area contributed by atoms with Crippen LogP contribution < -0.4 is 5.32 Å². The Bertz CT molecular complexity index is 361. The molecule has 17 heavy (non-hydrogen) atoms. The number of rotatable bonds is 4. The molecule has 0 aromatic carbocycles. The van der Waals surface area contributed by atoms with Crippen molar-refractivity contribution in [2.45, 2.75) is 51.6 Å². The van der Waals surface area contributed by atoms with E-state index in [4.69, 9.17) is 0 Å². The van der Waals surface area contributed by atoms with Gasteiger partial charge < -0.3 is 5.32 Å². The molecule has 1 aromatic heterocycles. The highest BCUT2D eigenvalue weighted by atomic mass is 19.1. The molecular formula is C14H21FN2. The predicted octanol–water partition coefficient (Wildman–Crippen LogP) is 3.45. The van der Waals surface area contributed by atoms with Crippen LogP contribution in [-0.4, -0.2) is 11.0 Å². The molecule has 0 saturated heterocycles. The van der Waals surface area contributed by atoms with Crippen LogP contribution in [0.5, 0.6) is 0 Å². The van der Waals surface area contributed by atoms with Gasteiger partial charge in [0.1, 0.15) is 5.82 Å². The molecule has 0 radical (unpaired) electrons. The van der Waals surface area contributed by atoms with Crippen molar-refractivity contribution < 1.29 is 4.39 Å². The van der Waals surface area contributed by atoms with Crippen LogP contribution in [0.4, 0.5) is 4.39 Å². The minimum atomic E-state index is -0.260. The Kier molecular flexibility index (Phi) is 4.11. The molecule has 0 aliphatic heterocycles. The molecule has 1 unspecified atom stereocenters. The molecule has 94 valence electrons. The molecule has 2 rings (SSSR count). The fourth-order valence-corrected chi connectivity index (χ4v) is 2.75. The van der Waals surface area contributed by atoms with Gasteiger partial charge in [0.05, 0.1) is 6.20 Å². The van der Waals surface area contributed by atoms with E-state index in [1.165, 1.54) is 31.9 Å². The second-order valence-corrected chi connectivity index (χ2v) is 5.16. The van der Waals surface area contributed by atoms with Gasteiger partial charge in [-0.15, -0.1) is 0 Å². The van der Waals surface area contributed by atoms with Gasteiger partial charge in [-0.1, -0.05) is 12.8 Å². The quantitative estimate of drug-likeness (QED) is 0.866.